The second-order valence-electron chi connectivity index (χ2n) is 3.09. The fourth-order valence-electron chi connectivity index (χ4n) is 1.03. The predicted octanol–water partition coefficient (Wildman–Crippen LogP) is 3.59. The average Bonchev–Trinajstić information content (AvgIpc) is 2.19. The Labute approximate surface area is 101 Å². The minimum absolute atomic E-state index is 0.0199. The average molecular weight is 268 g/mol. The third kappa shape index (κ3) is 4.52. The number of ether oxygens (including phenoxy) is 1. The summed E-state index contributed by atoms with van der Waals surface area (Å²) in [7, 11) is 0. The quantitative estimate of drug-likeness (QED) is 0.909. The molecule has 17 heavy (non-hydrogen) atoms. The van der Waals surface area contributed by atoms with Gasteiger partial charge in [0, 0.05) is 12.5 Å². The molecular formula is C10H9ClF3NO2. The van der Waals surface area contributed by atoms with Gasteiger partial charge in [-0.3, -0.25) is 4.79 Å². The third-order valence-corrected chi connectivity index (χ3v) is 2.08. The molecule has 7 heteroatoms. The number of rotatable bonds is 3. The topological polar surface area (TPSA) is 38.3 Å². The first kappa shape index (κ1) is 13.6. The second-order valence-corrected chi connectivity index (χ2v) is 3.50. The van der Waals surface area contributed by atoms with Crippen LogP contribution >= 0.6 is 11.6 Å². The van der Waals surface area contributed by atoms with Crippen molar-refractivity contribution in [3.63, 3.8) is 0 Å². The lowest BCUT2D eigenvalue weighted by Gasteiger charge is -2.11. The van der Waals surface area contributed by atoms with E-state index in [0.29, 0.717) is 0 Å². The van der Waals surface area contributed by atoms with E-state index >= 15 is 0 Å². The van der Waals surface area contributed by atoms with Gasteiger partial charge in [-0.15, -0.1) is 13.2 Å². The monoisotopic (exact) mass is 267 g/mol. The minimum atomic E-state index is -4.77. The molecule has 1 amide bonds. The maximum Gasteiger partial charge on any atom is 0.573 e. The molecule has 0 aliphatic rings. The summed E-state index contributed by atoms with van der Waals surface area (Å²) in [5.74, 6) is -0.714. The number of benzene rings is 1. The molecule has 0 radical (unpaired) electrons. The van der Waals surface area contributed by atoms with Crippen LogP contribution in [-0.4, -0.2) is 12.3 Å². The summed E-state index contributed by atoms with van der Waals surface area (Å²) in [6.07, 6.45) is -4.52. The lowest BCUT2D eigenvalue weighted by atomic mass is 10.3. The van der Waals surface area contributed by atoms with Crippen LogP contribution in [0, 0.1) is 0 Å². The van der Waals surface area contributed by atoms with E-state index < -0.39 is 12.1 Å². The number of alkyl halides is 3. The van der Waals surface area contributed by atoms with Gasteiger partial charge in [0.1, 0.15) is 5.75 Å². The van der Waals surface area contributed by atoms with Gasteiger partial charge in [-0.1, -0.05) is 18.5 Å². The molecular weight excluding hydrogens is 259 g/mol. The summed E-state index contributed by atoms with van der Waals surface area (Å²) in [6, 6.07) is 3.31. The lowest BCUT2D eigenvalue weighted by molar-refractivity contribution is -0.274. The summed E-state index contributed by atoms with van der Waals surface area (Å²) in [5.41, 5.74) is 0.244. The molecule has 1 N–H and O–H groups in total. The molecule has 1 rings (SSSR count). The summed E-state index contributed by atoms with van der Waals surface area (Å²) >= 11 is 5.70. The Kier molecular flexibility index (Phi) is 4.22. The number of halogens is 4. The SMILES string of the molecule is CCC(=O)Nc1ccc(OC(F)(F)F)cc1Cl. The molecule has 0 fully saturated rings. The van der Waals surface area contributed by atoms with Gasteiger partial charge in [0.05, 0.1) is 10.7 Å². The van der Waals surface area contributed by atoms with Gasteiger partial charge in [0.15, 0.2) is 0 Å². The Balaban J connectivity index is 2.83. The van der Waals surface area contributed by atoms with Crippen LogP contribution in [0.1, 0.15) is 13.3 Å². The Morgan fingerprint density at radius 1 is 1.47 bits per heavy atom. The van der Waals surface area contributed by atoms with Gasteiger partial charge >= 0.3 is 6.36 Å². The first-order valence-electron chi connectivity index (χ1n) is 4.67. The van der Waals surface area contributed by atoms with Crippen molar-refractivity contribution in [1.82, 2.24) is 0 Å². The molecule has 0 atom stereocenters. The van der Waals surface area contributed by atoms with Crippen LogP contribution in [0.4, 0.5) is 18.9 Å². The molecule has 0 spiro atoms. The smallest absolute Gasteiger partial charge is 0.406 e. The van der Waals surface area contributed by atoms with Gasteiger partial charge in [0.25, 0.3) is 0 Å². The van der Waals surface area contributed by atoms with E-state index in [1.165, 1.54) is 6.07 Å². The van der Waals surface area contributed by atoms with Crippen LogP contribution < -0.4 is 10.1 Å². The van der Waals surface area contributed by atoms with E-state index in [1.54, 1.807) is 6.92 Å². The van der Waals surface area contributed by atoms with Crippen molar-refractivity contribution in [1.29, 1.82) is 0 Å². The largest absolute Gasteiger partial charge is 0.573 e. The Hall–Kier alpha value is -1.43. The fourth-order valence-corrected chi connectivity index (χ4v) is 1.25. The van der Waals surface area contributed by atoms with Gasteiger partial charge in [-0.2, -0.15) is 0 Å². The zero-order chi connectivity index (χ0) is 13.1. The first-order chi connectivity index (χ1) is 7.81. The molecule has 0 aliphatic carbocycles. The Morgan fingerprint density at radius 2 is 2.12 bits per heavy atom. The summed E-state index contributed by atoms with van der Waals surface area (Å²) in [4.78, 5) is 11.1. The van der Waals surface area contributed by atoms with Crippen molar-refractivity contribution in [2.45, 2.75) is 19.7 Å². The molecule has 0 unspecified atom stereocenters. The molecule has 0 bridgehead atoms. The van der Waals surface area contributed by atoms with Crippen LogP contribution in [0.5, 0.6) is 5.75 Å². The van der Waals surface area contributed by atoms with E-state index in [2.05, 4.69) is 10.1 Å². The molecule has 0 saturated heterocycles. The van der Waals surface area contributed by atoms with Crippen molar-refractivity contribution < 1.29 is 22.7 Å². The van der Waals surface area contributed by atoms with Crippen molar-refractivity contribution in [2.75, 3.05) is 5.32 Å². The highest BCUT2D eigenvalue weighted by Crippen LogP contribution is 2.30. The van der Waals surface area contributed by atoms with E-state index in [0.717, 1.165) is 12.1 Å². The second kappa shape index (κ2) is 5.27. The number of amides is 1. The number of anilines is 1. The summed E-state index contributed by atoms with van der Waals surface area (Å²) < 4.78 is 39.4. The number of hydrogen-bond acceptors (Lipinski definition) is 2. The zero-order valence-electron chi connectivity index (χ0n) is 8.77. The third-order valence-electron chi connectivity index (χ3n) is 1.77. The molecule has 0 heterocycles. The van der Waals surface area contributed by atoms with Gasteiger partial charge < -0.3 is 10.1 Å². The van der Waals surface area contributed by atoms with E-state index in [1.807, 2.05) is 0 Å². The molecule has 1 aromatic carbocycles. The molecule has 94 valence electrons. The number of carbonyl (C=O) groups excluding carboxylic acids is 1. The van der Waals surface area contributed by atoms with E-state index in [9.17, 15) is 18.0 Å². The van der Waals surface area contributed by atoms with Crippen LogP contribution in [0.15, 0.2) is 18.2 Å². The molecule has 0 saturated carbocycles. The standard InChI is InChI=1S/C10H9ClF3NO2/c1-2-9(16)15-8-4-3-6(5-7(8)11)17-10(12,13)14/h3-5H,2H2,1H3,(H,15,16). The van der Waals surface area contributed by atoms with Gasteiger partial charge in [0.2, 0.25) is 5.91 Å². The zero-order valence-corrected chi connectivity index (χ0v) is 9.52. The maximum absolute atomic E-state index is 11.9. The maximum atomic E-state index is 11.9. The van der Waals surface area contributed by atoms with Crippen molar-refractivity contribution in [3.05, 3.63) is 23.2 Å². The van der Waals surface area contributed by atoms with Crippen molar-refractivity contribution >= 4 is 23.2 Å². The van der Waals surface area contributed by atoms with Gasteiger partial charge in [-0.05, 0) is 12.1 Å². The predicted molar refractivity (Wildman–Crippen MR) is 57.1 cm³/mol. The fraction of sp³-hybridized carbons (Fsp3) is 0.300. The number of nitrogens with one attached hydrogen (secondary N) is 1. The Bertz CT molecular complexity index is 421. The summed E-state index contributed by atoms with van der Waals surface area (Å²) in [6.45, 7) is 1.64. The van der Waals surface area contributed by atoms with E-state index in [-0.39, 0.29) is 23.0 Å². The van der Waals surface area contributed by atoms with Crippen LogP contribution in [0.3, 0.4) is 0 Å². The molecule has 0 aliphatic heterocycles. The van der Waals surface area contributed by atoms with E-state index in [4.69, 9.17) is 11.6 Å². The molecule has 0 aromatic heterocycles. The highest BCUT2D eigenvalue weighted by Gasteiger charge is 2.31. The van der Waals surface area contributed by atoms with Crippen LogP contribution in [-0.2, 0) is 4.79 Å². The molecule has 3 nitrogen and oxygen atoms in total. The first-order valence-corrected chi connectivity index (χ1v) is 5.04. The highest BCUT2D eigenvalue weighted by molar-refractivity contribution is 6.33. The van der Waals surface area contributed by atoms with Crippen LogP contribution in [0.2, 0.25) is 5.02 Å². The minimum Gasteiger partial charge on any atom is -0.406 e. The lowest BCUT2D eigenvalue weighted by Crippen LogP contribution is -2.17. The van der Waals surface area contributed by atoms with Crippen molar-refractivity contribution in [2.24, 2.45) is 0 Å². The van der Waals surface area contributed by atoms with Gasteiger partial charge in [-0.25, -0.2) is 0 Å². The summed E-state index contributed by atoms with van der Waals surface area (Å²) in [5, 5.41) is 2.42. The number of hydrogen-bond donors (Lipinski definition) is 1. The molecule has 1 aromatic rings. The Morgan fingerprint density at radius 3 is 2.59 bits per heavy atom. The highest BCUT2D eigenvalue weighted by atomic mass is 35.5. The number of carbonyl (C=O) groups is 1. The normalized spacial score (nSPS) is 11.1. The van der Waals surface area contributed by atoms with Crippen LogP contribution in [0.25, 0.3) is 0 Å². The van der Waals surface area contributed by atoms with Crippen molar-refractivity contribution in [3.8, 4) is 5.75 Å².